The Morgan fingerprint density at radius 2 is 2.16 bits per heavy atom. The molecule has 0 bridgehead atoms. The van der Waals surface area contributed by atoms with Gasteiger partial charge in [0.25, 0.3) is 0 Å². The molecule has 100 valence electrons. The van der Waals surface area contributed by atoms with Crippen molar-refractivity contribution < 1.29 is 9.90 Å². The summed E-state index contributed by atoms with van der Waals surface area (Å²) in [5, 5.41) is 11.7. The van der Waals surface area contributed by atoms with E-state index in [0.29, 0.717) is 25.3 Å². The maximum atomic E-state index is 11.7. The molecule has 0 unspecified atom stereocenters. The summed E-state index contributed by atoms with van der Waals surface area (Å²) in [6, 6.07) is 7.78. The molecule has 3 heteroatoms. The van der Waals surface area contributed by atoms with Gasteiger partial charge in [-0.25, -0.2) is 0 Å². The lowest BCUT2D eigenvalue weighted by molar-refractivity contribution is -0.121. The van der Waals surface area contributed by atoms with Gasteiger partial charge in [-0.1, -0.05) is 30.0 Å². The lowest BCUT2D eigenvalue weighted by Gasteiger charge is -2.06. The standard InChI is InChI=1S/C16H19NO2/c18-10-4-3-6-14-5-1-2-7-15(14)12-17-16(19)11-13-8-9-13/h1-2,5,7,13,18H,4,8-12H2,(H,17,19). The smallest absolute Gasteiger partial charge is 0.220 e. The number of hydrogen-bond acceptors (Lipinski definition) is 2. The highest BCUT2D eigenvalue weighted by molar-refractivity contribution is 5.76. The van der Waals surface area contributed by atoms with Gasteiger partial charge in [0.05, 0.1) is 6.61 Å². The fourth-order valence-corrected chi connectivity index (χ4v) is 1.86. The Balaban J connectivity index is 1.91. The largest absolute Gasteiger partial charge is 0.395 e. The van der Waals surface area contributed by atoms with Crippen LogP contribution in [-0.4, -0.2) is 17.6 Å². The van der Waals surface area contributed by atoms with E-state index in [0.717, 1.165) is 11.1 Å². The predicted octanol–water partition coefficient (Wildman–Crippen LogP) is 1.84. The molecule has 1 aliphatic rings. The van der Waals surface area contributed by atoms with Crippen molar-refractivity contribution in [1.29, 1.82) is 0 Å². The molecule has 19 heavy (non-hydrogen) atoms. The summed E-state index contributed by atoms with van der Waals surface area (Å²) in [4.78, 5) is 11.7. The fourth-order valence-electron chi connectivity index (χ4n) is 1.86. The Hall–Kier alpha value is -1.79. The lowest BCUT2D eigenvalue weighted by atomic mass is 10.1. The van der Waals surface area contributed by atoms with Gasteiger partial charge in [-0.15, -0.1) is 0 Å². The number of aliphatic hydroxyl groups excluding tert-OH is 1. The average Bonchev–Trinajstić information content (AvgIpc) is 3.22. The first kappa shape index (κ1) is 13.6. The van der Waals surface area contributed by atoms with Gasteiger partial charge in [0.1, 0.15) is 0 Å². The summed E-state index contributed by atoms with van der Waals surface area (Å²) in [6.07, 6.45) is 3.51. The van der Waals surface area contributed by atoms with Crippen molar-refractivity contribution in [3.63, 3.8) is 0 Å². The molecular formula is C16H19NO2. The molecule has 0 heterocycles. The summed E-state index contributed by atoms with van der Waals surface area (Å²) < 4.78 is 0. The van der Waals surface area contributed by atoms with Crippen LogP contribution < -0.4 is 5.32 Å². The van der Waals surface area contributed by atoms with Crippen LogP contribution in [-0.2, 0) is 11.3 Å². The molecule has 0 radical (unpaired) electrons. The van der Waals surface area contributed by atoms with Crippen LogP contribution >= 0.6 is 0 Å². The molecule has 1 aromatic carbocycles. The van der Waals surface area contributed by atoms with Gasteiger partial charge in [0.2, 0.25) is 5.91 Å². The van der Waals surface area contributed by atoms with E-state index < -0.39 is 0 Å². The molecule has 0 atom stereocenters. The van der Waals surface area contributed by atoms with E-state index in [2.05, 4.69) is 17.2 Å². The van der Waals surface area contributed by atoms with Crippen molar-refractivity contribution in [2.45, 2.75) is 32.2 Å². The first-order valence-corrected chi connectivity index (χ1v) is 6.74. The number of nitrogens with one attached hydrogen (secondary N) is 1. The molecule has 0 saturated heterocycles. The zero-order valence-electron chi connectivity index (χ0n) is 11.0. The molecule has 1 saturated carbocycles. The number of carbonyl (C=O) groups excluding carboxylic acids is 1. The second-order valence-electron chi connectivity index (χ2n) is 4.86. The summed E-state index contributed by atoms with van der Waals surface area (Å²) in [5.74, 6) is 6.67. The van der Waals surface area contributed by atoms with E-state index >= 15 is 0 Å². The zero-order valence-corrected chi connectivity index (χ0v) is 11.0. The minimum Gasteiger partial charge on any atom is -0.395 e. The highest BCUT2D eigenvalue weighted by Gasteiger charge is 2.24. The van der Waals surface area contributed by atoms with E-state index in [9.17, 15) is 4.79 Å². The van der Waals surface area contributed by atoms with Gasteiger partial charge < -0.3 is 10.4 Å². The van der Waals surface area contributed by atoms with Crippen molar-refractivity contribution in [2.24, 2.45) is 5.92 Å². The van der Waals surface area contributed by atoms with Crippen LogP contribution in [0.3, 0.4) is 0 Å². The predicted molar refractivity (Wildman–Crippen MR) is 74.2 cm³/mol. The van der Waals surface area contributed by atoms with Crippen LogP contribution in [0.25, 0.3) is 0 Å². The molecule has 0 aliphatic heterocycles. The van der Waals surface area contributed by atoms with Gasteiger partial charge in [0, 0.05) is 24.9 Å². The van der Waals surface area contributed by atoms with Gasteiger partial charge in [-0.3, -0.25) is 4.79 Å². The number of hydrogen-bond donors (Lipinski definition) is 2. The molecule has 1 fully saturated rings. The van der Waals surface area contributed by atoms with Gasteiger partial charge >= 0.3 is 0 Å². The summed E-state index contributed by atoms with van der Waals surface area (Å²) >= 11 is 0. The van der Waals surface area contributed by atoms with E-state index in [4.69, 9.17) is 5.11 Å². The molecule has 1 aliphatic carbocycles. The van der Waals surface area contributed by atoms with Gasteiger partial charge in [-0.05, 0) is 30.4 Å². The van der Waals surface area contributed by atoms with E-state index in [-0.39, 0.29) is 12.5 Å². The van der Waals surface area contributed by atoms with Crippen LogP contribution in [0.2, 0.25) is 0 Å². The Morgan fingerprint density at radius 3 is 2.89 bits per heavy atom. The van der Waals surface area contributed by atoms with E-state index in [1.807, 2.05) is 24.3 Å². The average molecular weight is 257 g/mol. The highest BCUT2D eigenvalue weighted by atomic mass is 16.2. The Kier molecular flexibility index (Phi) is 5.00. The number of benzene rings is 1. The number of amides is 1. The topological polar surface area (TPSA) is 49.3 Å². The third-order valence-corrected chi connectivity index (χ3v) is 3.12. The second kappa shape index (κ2) is 6.96. The molecule has 0 aromatic heterocycles. The van der Waals surface area contributed by atoms with Crippen molar-refractivity contribution in [3.8, 4) is 11.8 Å². The van der Waals surface area contributed by atoms with Gasteiger partial charge in [0.15, 0.2) is 0 Å². The SMILES string of the molecule is O=C(CC1CC1)NCc1ccccc1C#CCCO. The first-order chi connectivity index (χ1) is 9.29. The van der Waals surface area contributed by atoms with E-state index in [1.165, 1.54) is 12.8 Å². The first-order valence-electron chi connectivity index (χ1n) is 6.74. The molecule has 1 aromatic rings. The molecule has 0 spiro atoms. The Bertz CT molecular complexity index is 495. The van der Waals surface area contributed by atoms with Crippen LogP contribution in [0.4, 0.5) is 0 Å². The normalized spacial score (nSPS) is 13.5. The number of rotatable bonds is 5. The van der Waals surface area contributed by atoms with Crippen molar-refractivity contribution >= 4 is 5.91 Å². The van der Waals surface area contributed by atoms with Crippen LogP contribution in [0, 0.1) is 17.8 Å². The highest BCUT2D eigenvalue weighted by Crippen LogP contribution is 2.32. The number of carbonyl (C=O) groups is 1. The molecule has 1 amide bonds. The molecular weight excluding hydrogens is 238 g/mol. The lowest BCUT2D eigenvalue weighted by Crippen LogP contribution is -2.23. The maximum Gasteiger partial charge on any atom is 0.220 e. The summed E-state index contributed by atoms with van der Waals surface area (Å²) in [6.45, 7) is 0.600. The fraction of sp³-hybridized carbons (Fsp3) is 0.438. The third-order valence-electron chi connectivity index (χ3n) is 3.12. The zero-order chi connectivity index (χ0) is 13.5. The van der Waals surface area contributed by atoms with Crippen molar-refractivity contribution in [3.05, 3.63) is 35.4 Å². The quantitative estimate of drug-likeness (QED) is 0.791. The molecule has 2 rings (SSSR count). The van der Waals surface area contributed by atoms with Crippen LogP contribution in [0.15, 0.2) is 24.3 Å². The van der Waals surface area contributed by atoms with Crippen molar-refractivity contribution in [1.82, 2.24) is 5.32 Å². The number of aliphatic hydroxyl groups is 1. The van der Waals surface area contributed by atoms with Crippen molar-refractivity contribution in [2.75, 3.05) is 6.61 Å². The Morgan fingerprint density at radius 1 is 1.37 bits per heavy atom. The summed E-state index contributed by atoms with van der Waals surface area (Å²) in [7, 11) is 0. The third kappa shape index (κ3) is 4.76. The van der Waals surface area contributed by atoms with E-state index in [1.54, 1.807) is 0 Å². The van der Waals surface area contributed by atoms with Gasteiger partial charge in [-0.2, -0.15) is 0 Å². The van der Waals surface area contributed by atoms with Crippen LogP contribution in [0.1, 0.15) is 36.8 Å². The minimum atomic E-state index is 0.0767. The maximum absolute atomic E-state index is 11.7. The monoisotopic (exact) mass is 257 g/mol. The minimum absolute atomic E-state index is 0.0767. The summed E-state index contributed by atoms with van der Waals surface area (Å²) in [5.41, 5.74) is 1.94. The second-order valence-corrected chi connectivity index (χ2v) is 4.86. The van der Waals surface area contributed by atoms with Crippen LogP contribution in [0.5, 0.6) is 0 Å². The molecule has 3 nitrogen and oxygen atoms in total. The molecule has 2 N–H and O–H groups in total. The Labute approximate surface area is 114 Å².